The fourth-order valence-electron chi connectivity index (χ4n) is 3.25. The molecule has 1 fully saturated rings. The first kappa shape index (κ1) is 15.0. The van der Waals surface area contributed by atoms with Crippen LogP contribution in [0.3, 0.4) is 0 Å². The zero-order chi connectivity index (χ0) is 12.7. The van der Waals surface area contributed by atoms with E-state index in [9.17, 15) is 0 Å². The lowest BCUT2D eigenvalue weighted by Crippen LogP contribution is -2.35. The highest BCUT2D eigenvalue weighted by Crippen LogP contribution is 2.43. The van der Waals surface area contributed by atoms with Gasteiger partial charge in [0.15, 0.2) is 0 Å². The number of hydrogen-bond donors (Lipinski definition) is 1. The molecule has 0 amide bonds. The minimum Gasteiger partial charge on any atom is -0.382 e. The summed E-state index contributed by atoms with van der Waals surface area (Å²) in [7, 11) is 2.08. The van der Waals surface area contributed by atoms with Crippen molar-refractivity contribution in [2.45, 2.75) is 52.9 Å². The molecule has 0 spiro atoms. The summed E-state index contributed by atoms with van der Waals surface area (Å²) in [5.41, 5.74) is 0.556. The summed E-state index contributed by atoms with van der Waals surface area (Å²) in [6.45, 7) is 9.93. The minimum atomic E-state index is 0.556. The zero-order valence-corrected chi connectivity index (χ0v) is 12.2. The Balaban J connectivity index is 2.37. The molecule has 0 bridgehead atoms. The summed E-state index contributed by atoms with van der Waals surface area (Å²) in [5, 5.41) is 3.37. The molecule has 17 heavy (non-hydrogen) atoms. The van der Waals surface area contributed by atoms with Gasteiger partial charge in [0.2, 0.25) is 0 Å². The van der Waals surface area contributed by atoms with E-state index in [1.165, 1.54) is 38.6 Å². The summed E-state index contributed by atoms with van der Waals surface area (Å²) in [6, 6.07) is 0. The van der Waals surface area contributed by atoms with E-state index in [4.69, 9.17) is 4.74 Å². The smallest absolute Gasteiger partial charge is 0.0465 e. The first-order valence-corrected chi connectivity index (χ1v) is 7.31. The molecule has 1 saturated carbocycles. The standard InChI is InChI=1S/C15H31NO/c1-5-17-10-6-7-13-11-15(2,3)9-8-14(13)12-16-4/h13-14,16H,5-12H2,1-4H3. The van der Waals surface area contributed by atoms with E-state index in [2.05, 4.69) is 33.1 Å². The predicted octanol–water partition coefficient (Wildman–Crippen LogP) is 3.47. The van der Waals surface area contributed by atoms with Crippen molar-refractivity contribution in [3.63, 3.8) is 0 Å². The highest BCUT2D eigenvalue weighted by Gasteiger charge is 2.33. The molecule has 1 N–H and O–H groups in total. The molecule has 0 aliphatic heterocycles. The second-order valence-corrected chi connectivity index (χ2v) is 6.32. The van der Waals surface area contributed by atoms with Gasteiger partial charge in [-0.1, -0.05) is 13.8 Å². The molecular weight excluding hydrogens is 210 g/mol. The van der Waals surface area contributed by atoms with Crippen molar-refractivity contribution in [3.05, 3.63) is 0 Å². The molecular formula is C15H31NO. The van der Waals surface area contributed by atoms with E-state index in [-0.39, 0.29) is 0 Å². The lowest BCUT2D eigenvalue weighted by molar-refractivity contribution is 0.0916. The summed E-state index contributed by atoms with van der Waals surface area (Å²) in [4.78, 5) is 0. The number of nitrogens with one attached hydrogen (secondary N) is 1. The average Bonchev–Trinajstić information content (AvgIpc) is 2.27. The van der Waals surface area contributed by atoms with E-state index in [0.717, 1.165) is 25.0 Å². The lowest BCUT2D eigenvalue weighted by Gasteiger charge is -2.41. The summed E-state index contributed by atoms with van der Waals surface area (Å²) >= 11 is 0. The Morgan fingerprint density at radius 3 is 2.71 bits per heavy atom. The largest absolute Gasteiger partial charge is 0.382 e. The molecule has 1 rings (SSSR count). The second-order valence-electron chi connectivity index (χ2n) is 6.32. The first-order chi connectivity index (χ1) is 8.09. The van der Waals surface area contributed by atoms with Gasteiger partial charge in [-0.15, -0.1) is 0 Å². The molecule has 0 aromatic heterocycles. The fourth-order valence-corrected chi connectivity index (χ4v) is 3.25. The van der Waals surface area contributed by atoms with Gasteiger partial charge in [-0.25, -0.2) is 0 Å². The SMILES string of the molecule is CCOCCCC1CC(C)(C)CCC1CNC. The third kappa shape index (κ3) is 5.39. The van der Waals surface area contributed by atoms with Crippen molar-refractivity contribution >= 4 is 0 Å². The van der Waals surface area contributed by atoms with E-state index in [0.29, 0.717) is 5.41 Å². The maximum absolute atomic E-state index is 5.46. The Hall–Kier alpha value is -0.0800. The summed E-state index contributed by atoms with van der Waals surface area (Å²) < 4.78 is 5.46. The van der Waals surface area contributed by atoms with Crippen LogP contribution in [0.1, 0.15) is 52.9 Å². The van der Waals surface area contributed by atoms with Gasteiger partial charge >= 0.3 is 0 Å². The van der Waals surface area contributed by atoms with Crippen molar-refractivity contribution in [1.82, 2.24) is 5.32 Å². The lowest BCUT2D eigenvalue weighted by atomic mass is 9.66. The molecule has 0 aromatic carbocycles. The molecule has 1 aliphatic carbocycles. The Labute approximate surface area is 108 Å². The van der Waals surface area contributed by atoms with Crippen LogP contribution in [0.2, 0.25) is 0 Å². The van der Waals surface area contributed by atoms with Gasteiger partial charge in [0, 0.05) is 13.2 Å². The van der Waals surface area contributed by atoms with Crippen molar-refractivity contribution < 1.29 is 4.74 Å². The predicted molar refractivity (Wildman–Crippen MR) is 74.3 cm³/mol. The van der Waals surface area contributed by atoms with Crippen molar-refractivity contribution in [2.75, 3.05) is 26.8 Å². The van der Waals surface area contributed by atoms with Crippen molar-refractivity contribution in [1.29, 1.82) is 0 Å². The van der Waals surface area contributed by atoms with Crippen LogP contribution in [0.4, 0.5) is 0 Å². The van der Waals surface area contributed by atoms with E-state index < -0.39 is 0 Å². The van der Waals surface area contributed by atoms with Crippen LogP contribution in [0.25, 0.3) is 0 Å². The van der Waals surface area contributed by atoms with Gasteiger partial charge in [-0.3, -0.25) is 0 Å². The monoisotopic (exact) mass is 241 g/mol. The molecule has 102 valence electrons. The molecule has 0 aromatic rings. The molecule has 2 heteroatoms. The molecule has 0 radical (unpaired) electrons. The van der Waals surface area contributed by atoms with Gasteiger partial charge in [0.1, 0.15) is 0 Å². The molecule has 2 atom stereocenters. The van der Waals surface area contributed by atoms with Crippen molar-refractivity contribution in [3.8, 4) is 0 Å². The highest BCUT2D eigenvalue weighted by atomic mass is 16.5. The maximum atomic E-state index is 5.46. The summed E-state index contributed by atoms with van der Waals surface area (Å²) in [6.07, 6.45) is 6.75. The maximum Gasteiger partial charge on any atom is 0.0465 e. The number of ether oxygens (including phenoxy) is 1. The Kier molecular flexibility index (Phi) is 6.50. The van der Waals surface area contributed by atoms with Crippen LogP contribution in [-0.4, -0.2) is 26.8 Å². The number of rotatable bonds is 7. The average molecular weight is 241 g/mol. The van der Waals surface area contributed by atoms with Gasteiger partial charge in [0.05, 0.1) is 0 Å². The normalized spacial score (nSPS) is 28.2. The topological polar surface area (TPSA) is 21.3 Å². The molecule has 1 aliphatic rings. The fraction of sp³-hybridized carbons (Fsp3) is 1.00. The van der Waals surface area contributed by atoms with Gasteiger partial charge < -0.3 is 10.1 Å². The van der Waals surface area contributed by atoms with Crippen molar-refractivity contribution in [2.24, 2.45) is 17.3 Å². The first-order valence-electron chi connectivity index (χ1n) is 7.31. The zero-order valence-electron chi connectivity index (χ0n) is 12.2. The van der Waals surface area contributed by atoms with Gasteiger partial charge in [0.25, 0.3) is 0 Å². The molecule has 2 unspecified atom stereocenters. The molecule has 2 nitrogen and oxygen atoms in total. The highest BCUT2D eigenvalue weighted by molar-refractivity contribution is 4.85. The number of hydrogen-bond acceptors (Lipinski definition) is 2. The summed E-state index contributed by atoms with van der Waals surface area (Å²) in [5.74, 6) is 1.78. The van der Waals surface area contributed by atoms with Crippen LogP contribution in [-0.2, 0) is 4.74 Å². The second kappa shape index (κ2) is 7.38. The quantitative estimate of drug-likeness (QED) is 0.689. The van der Waals surface area contributed by atoms with Gasteiger partial charge in [-0.2, -0.15) is 0 Å². The third-order valence-electron chi connectivity index (χ3n) is 4.21. The Bertz CT molecular complexity index is 203. The van der Waals surface area contributed by atoms with Crippen LogP contribution in [0.5, 0.6) is 0 Å². The van der Waals surface area contributed by atoms with E-state index in [1.807, 2.05) is 0 Å². The third-order valence-corrected chi connectivity index (χ3v) is 4.21. The minimum absolute atomic E-state index is 0.556. The van der Waals surface area contributed by atoms with E-state index >= 15 is 0 Å². The molecule has 0 saturated heterocycles. The molecule has 0 heterocycles. The van der Waals surface area contributed by atoms with Gasteiger partial charge in [-0.05, 0) is 69.9 Å². The van der Waals surface area contributed by atoms with Crippen LogP contribution in [0.15, 0.2) is 0 Å². The Morgan fingerprint density at radius 2 is 2.06 bits per heavy atom. The van der Waals surface area contributed by atoms with Crippen LogP contribution >= 0.6 is 0 Å². The van der Waals surface area contributed by atoms with Crippen LogP contribution in [0, 0.1) is 17.3 Å². The Morgan fingerprint density at radius 1 is 1.29 bits per heavy atom. The van der Waals surface area contributed by atoms with Crippen LogP contribution < -0.4 is 5.32 Å². The van der Waals surface area contributed by atoms with E-state index in [1.54, 1.807) is 0 Å².